The Morgan fingerprint density at radius 3 is 1.17 bits per heavy atom. The van der Waals surface area contributed by atoms with Crippen molar-refractivity contribution in [3.05, 3.63) is 97.1 Å². The monoisotopic (exact) mass is 590 g/mol. The van der Waals surface area contributed by atoms with Gasteiger partial charge in [0.15, 0.2) is 11.6 Å². The van der Waals surface area contributed by atoms with Gasteiger partial charge in [-0.2, -0.15) is 0 Å². The normalized spacial score (nSPS) is 11.7. The van der Waals surface area contributed by atoms with Gasteiger partial charge in [0.25, 0.3) is 0 Å². The van der Waals surface area contributed by atoms with Crippen LogP contribution in [-0.2, 0) is 24.1 Å². The molecule has 2 aliphatic heterocycles. The molecule has 0 fully saturated rings. The van der Waals surface area contributed by atoms with E-state index in [-0.39, 0.29) is 17.1 Å². The van der Waals surface area contributed by atoms with Gasteiger partial charge in [0.05, 0.1) is 11.6 Å². The molecule has 0 atom stereocenters. The van der Waals surface area contributed by atoms with E-state index in [9.17, 15) is 0 Å². The van der Waals surface area contributed by atoms with E-state index >= 15 is 0 Å². The molecule has 0 saturated carbocycles. The third-order valence-corrected chi connectivity index (χ3v) is 7.75. The summed E-state index contributed by atoms with van der Waals surface area (Å²) in [4.78, 5) is 35.0. The van der Waals surface area contributed by atoms with Gasteiger partial charge >= 0.3 is 17.1 Å². The molecule has 9 heteroatoms. The Morgan fingerprint density at radius 2 is 0.762 bits per heavy atom. The van der Waals surface area contributed by atoms with Gasteiger partial charge in [0, 0.05) is 51.4 Å². The zero-order valence-electron chi connectivity index (χ0n) is 22.1. The molecule has 5 heterocycles. The molecule has 0 spiro atoms. The first kappa shape index (κ1) is 24.5. The third kappa shape index (κ3) is 3.48. The Labute approximate surface area is 249 Å². The topological polar surface area (TPSA) is 96.4 Å². The summed E-state index contributed by atoms with van der Waals surface area (Å²) in [5.74, 6) is 2.35. The molecule has 0 saturated heterocycles. The van der Waals surface area contributed by atoms with Crippen LogP contribution in [0, 0.1) is 0 Å². The summed E-state index contributed by atoms with van der Waals surface area (Å²) in [5.41, 5.74) is 6.33. The smallest absolute Gasteiger partial charge is 0.357 e. The van der Waals surface area contributed by atoms with Crippen LogP contribution in [0.3, 0.4) is 0 Å². The molecule has 0 aliphatic carbocycles. The van der Waals surface area contributed by atoms with Crippen molar-refractivity contribution in [1.82, 2.24) is 39.5 Å². The van der Waals surface area contributed by atoms with Gasteiger partial charge in [0.2, 0.25) is 0 Å². The Balaban J connectivity index is 0.00000267. The zero-order valence-corrected chi connectivity index (χ0v) is 23.1. The second-order valence-electron chi connectivity index (χ2n) is 10.1. The molecule has 8 nitrogen and oxygen atoms in total. The van der Waals surface area contributed by atoms with Crippen LogP contribution in [0.25, 0.3) is 89.7 Å². The van der Waals surface area contributed by atoms with Crippen molar-refractivity contribution in [3.8, 4) is 45.6 Å². The minimum atomic E-state index is 0. The molecule has 1 radical (unpaired) electrons. The fourth-order valence-corrected chi connectivity index (χ4v) is 5.80. The van der Waals surface area contributed by atoms with Crippen molar-refractivity contribution in [2.24, 2.45) is 7.05 Å². The van der Waals surface area contributed by atoms with Crippen molar-refractivity contribution in [2.45, 2.75) is 0 Å². The van der Waals surface area contributed by atoms with Crippen LogP contribution in [-0.4, -0.2) is 34.5 Å². The number of nitrogens with zero attached hydrogens (tertiary/aromatic N) is 8. The summed E-state index contributed by atoms with van der Waals surface area (Å²) < 4.78 is 2.01. The second-order valence-corrected chi connectivity index (χ2v) is 10.1. The summed E-state index contributed by atoms with van der Waals surface area (Å²) in [5, 5.41) is 3.77. The zero-order chi connectivity index (χ0) is 27.1. The van der Waals surface area contributed by atoms with Gasteiger partial charge in [-0.1, -0.05) is 97.1 Å². The van der Waals surface area contributed by atoms with E-state index in [4.69, 9.17) is 34.9 Å². The minimum Gasteiger partial charge on any atom is -0.357 e. The van der Waals surface area contributed by atoms with E-state index in [0.717, 1.165) is 55.1 Å². The van der Waals surface area contributed by atoms with Gasteiger partial charge < -0.3 is 19.5 Å². The van der Waals surface area contributed by atoms with E-state index in [1.807, 2.05) is 96.5 Å². The summed E-state index contributed by atoms with van der Waals surface area (Å²) in [7, 11) is 1.98. The molecule has 3 aromatic heterocycles. The first-order valence-corrected chi connectivity index (χ1v) is 13.3. The number of aromatic nitrogens is 8. The van der Waals surface area contributed by atoms with E-state index in [1.165, 1.54) is 0 Å². The number of hydrogen-bond donors (Lipinski definition) is 0. The quantitative estimate of drug-likeness (QED) is 0.186. The predicted molar refractivity (Wildman–Crippen MR) is 160 cm³/mol. The first-order chi connectivity index (χ1) is 20.2. The third-order valence-electron chi connectivity index (χ3n) is 7.75. The van der Waals surface area contributed by atoms with Crippen LogP contribution < -0.4 is 4.98 Å². The van der Waals surface area contributed by atoms with E-state index < -0.39 is 0 Å². The maximum atomic E-state index is 5.12. The molecule has 4 aromatic carbocycles. The van der Waals surface area contributed by atoms with Crippen LogP contribution in [0.4, 0.5) is 0 Å². The first-order valence-electron chi connectivity index (χ1n) is 13.3. The maximum Gasteiger partial charge on any atom is 2.00 e. The average Bonchev–Trinajstić information content (AvgIpc) is 3.72. The van der Waals surface area contributed by atoms with Gasteiger partial charge in [-0.3, -0.25) is 0 Å². The van der Waals surface area contributed by atoms with E-state index in [2.05, 4.69) is 12.1 Å². The Morgan fingerprint density at radius 1 is 0.429 bits per heavy atom. The van der Waals surface area contributed by atoms with Crippen molar-refractivity contribution in [1.29, 1.82) is 0 Å². The average molecular weight is 591 g/mol. The molecule has 8 bridgehead atoms. The number of hydrogen-bond acceptors (Lipinski definition) is 6. The van der Waals surface area contributed by atoms with Crippen molar-refractivity contribution in [2.75, 3.05) is 0 Å². The van der Waals surface area contributed by atoms with Gasteiger partial charge in [-0.05, 0) is 10.8 Å². The molecule has 0 amide bonds. The fourth-order valence-electron chi connectivity index (χ4n) is 5.80. The SMILES string of the molecule is Cn1c2nc3nc(nc4[n-]c(nc5nc(nc1c1ccccc12)-c1ccccc1-5)c1ccccc41)-c1ccccc1-3.[Cu+2]. The standard InChI is InChI=1S/C33H19N8.Cu/c1-41-32-24-16-8-9-17-25(24)33(41)40-31-23-15-7-5-13-21(23)29(38-31)36-27-19-11-3-2-10-18(19)26(34-27)35-28-20-12-4-6-14-22(20)30(37-28)39-32;/h2-17H,1H3;/q-1;+2. The van der Waals surface area contributed by atoms with Crippen molar-refractivity contribution in [3.63, 3.8) is 0 Å². The molecule has 0 N–H and O–H groups in total. The summed E-state index contributed by atoms with van der Waals surface area (Å²) in [6.45, 7) is 0. The molecular weight excluding hydrogens is 572 g/mol. The fraction of sp³-hybridized carbons (Fsp3) is 0.0303. The van der Waals surface area contributed by atoms with Crippen LogP contribution in [0.1, 0.15) is 0 Å². The Kier molecular flexibility index (Phi) is 5.34. The Bertz CT molecular complexity index is 2240. The summed E-state index contributed by atoms with van der Waals surface area (Å²) in [6, 6.07) is 32.2. The molecule has 7 aromatic rings. The molecule has 42 heavy (non-hydrogen) atoms. The van der Waals surface area contributed by atoms with Crippen LogP contribution >= 0.6 is 0 Å². The molecule has 0 unspecified atom stereocenters. The molecule has 9 rings (SSSR count). The molecule has 2 aliphatic rings. The van der Waals surface area contributed by atoms with Crippen LogP contribution in [0.5, 0.6) is 0 Å². The molecular formula is C33H19CuN8+. The Hall–Kier alpha value is -5.24. The van der Waals surface area contributed by atoms with Gasteiger partial charge in [0.1, 0.15) is 11.3 Å². The number of benzene rings is 4. The van der Waals surface area contributed by atoms with Crippen LogP contribution in [0.2, 0.25) is 0 Å². The minimum absolute atomic E-state index is 0. The summed E-state index contributed by atoms with van der Waals surface area (Å²) >= 11 is 0. The maximum absolute atomic E-state index is 5.12. The van der Waals surface area contributed by atoms with E-state index in [1.54, 1.807) is 0 Å². The summed E-state index contributed by atoms with van der Waals surface area (Å²) in [6.07, 6.45) is 0. The number of rotatable bonds is 0. The van der Waals surface area contributed by atoms with Crippen molar-refractivity contribution >= 4 is 44.1 Å². The van der Waals surface area contributed by atoms with Gasteiger partial charge in [-0.15, -0.1) is 0 Å². The van der Waals surface area contributed by atoms with Gasteiger partial charge in [-0.25, -0.2) is 19.9 Å². The van der Waals surface area contributed by atoms with E-state index in [0.29, 0.717) is 34.6 Å². The largest absolute Gasteiger partial charge is 2.00 e. The number of fused-ring (bicyclic) bond motifs is 20. The van der Waals surface area contributed by atoms with Crippen molar-refractivity contribution < 1.29 is 17.1 Å². The predicted octanol–water partition coefficient (Wildman–Crippen LogP) is 6.51. The number of aryl methyl sites for hydroxylation is 1. The van der Waals surface area contributed by atoms with Crippen LogP contribution in [0.15, 0.2) is 97.1 Å². The second kappa shape index (κ2) is 9.14. The molecule has 201 valence electrons.